The van der Waals surface area contributed by atoms with E-state index in [4.69, 9.17) is 15.9 Å². The van der Waals surface area contributed by atoms with Crippen LogP contribution in [0.2, 0.25) is 0 Å². The summed E-state index contributed by atoms with van der Waals surface area (Å²) in [6.45, 7) is 2.05. The lowest BCUT2D eigenvalue weighted by Crippen LogP contribution is -2.46. The number of hydrogen-bond acceptors (Lipinski definition) is 4. The molecule has 0 bridgehead atoms. The Kier molecular flexibility index (Phi) is 10.2. The van der Waals surface area contributed by atoms with E-state index in [2.05, 4.69) is 6.92 Å². The first-order valence-electron chi connectivity index (χ1n) is 7.35. The molecule has 0 aromatic rings. The van der Waals surface area contributed by atoms with E-state index >= 15 is 0 Å². The molecular formula is C14H26N2O5. The number of unbranched alkanes of at least 4 members (excludes halogenated alkanes) is 5. The van der Waals surface area contributed by atoms with E-state index < -0.39 is 30.4 Å². The first-order valence-corrected chi connectivity index (χ1v) is 7.35. The molecule has 122 valence electrons. The number of nitrogens with two attached hydrogens (primary N) is 1. The smallest absolute Gasteiger partial charge is 0.321 e. The highest BCUT2D eigenvalue weighted by Gasteiger charge is 2.28. The summed E-state index contributed by atoms with van der Waals surface area (Å²) in [7, 11) is 0. The predicted octanol–water partition coefficient (Wildman–Crippen LogP) is 1.06. The minimum absolute atomic E-state index is 0.336. The molecule has 0 radical (unpaired) electrons. The molecule has 0 aromatic heterocycles. The fraction of sp³-hybridized carbons (Fsp3) is 0.786. The number of carboxylic acid groups (broad SMARTS) is 2. The first kappa shape index (κ1) is 19.4. The lowest BCUT2D eigenvalue weighted by atomic mass is 10.1. The van der Waals surface area contributed by atoms with Gasteiger partial charge in [-0.15, -0.1) is 0 Å². The van der Waals surface area contributed by atoms with Crippen LogP contribution >= 0.6 is 0 Å². The summed E-state index contributed by atoms with van der Waals surface area (Å²) in [5.41, 5.74) is 5.03. The Labute approximate surface area is 125 Å². The SMILES string of the molecule is CCCCCCCCN(CC(=O)O)C(CC(N)=O)C(=O)O. The lowest BCUT2D eigenvalue weighted by molar-refractivity contribution is -0.148. The highest BCUT2D eigenvalue weighted by molar-refractivity contribution is 5.83. The maximum Gasteiger partial charge on any atom is 0.321 e. The molecule has 0 aliphatic rings. The van der Waals surface area contributed by atoms with Crippen molar-refractivity contribution in [3.8, 4) is 0 Å². The summed E-state index contributed by atoms with van der Waals surface area (Å²) in [5, 5.41) is 18.0. The first-order chi connectivity index (χ1) is 9.88. The third-order valence-corrected chi connectivity index (χ3v) is 3.26. The second-order valence-electron chi connectivity index (χ2n) is 5.16. The third-order valence-electron chi connectivity index (χ3n) is 3.26. The zero-order valence-corrected chi connectivity index (χ0v) is 12.6. The normalized spacial score (nSPS) is 12.3. The van der Waals surface area contributed by atoms with Crippen LogP contribution in [0.4, 0.5) is 0 Å². The van der Waals surface area contributed by atoms with Gasteiger partial charge in [0.25, 0.3) is 0 Å². The molecule has 21 heavy (non-hydrogen) atoms. The van der Waals surface area contributed by atoms with Crippen molar-refractivity contribution in [2.24, 2.45) is 5.73 Å². The van der Waals surface area contributed by atoms with Gasteiger partial charge in [-0.1, -0.05) is 39.0 Å². The van der Waals surface area contributed by atoms with Gasteiger partial charge in [0, 0.05) is 0 Å². The quantitative estimate of drug-likeness (QED) is 0.437. The Morgan fingerprint density at radius 2 is 1.62 bits per heavy atom. The summed E-state index contributed by atoms with van der Waals surface area (Å²) in [4.78, 5) is 34.3. The fourth-order valence-corrected chi connectivity index (χ4v) is 2.18. The topological polar surface area (TPSA) is 121 Å². The average molecular weight is 302 g/mol. The van der Waals surface area contributed by atoms with Gasteiger partial charge in [-0.25, -0.2) is 0 Å². The molecular weight excluding hydrogens is 276 g/mol. The van der Waals surface area contributed by atoms with Crippen molar-refractivity contribution in [2.75, 3.05) is 13.1 Å². The van der Waals surface area contributed by atoms with Crippen molar-refractivity contribution in [1.82, 2.24) is 4.90 Å². The molecule has 1 unspecified atom stereocenters. The van der Waals surface area contributed by atoms with Gasteiger partial charge in [-0.2, -0.15) is 0 Å². The molecule has 0 heterocycles. The lowest BCUT2D eigenvalue weighted by Gasteiger charge is -2.26. The van der Waals surface area contributed by atoms with Crippen LogP contribution in [0, 0.1) is 0 Å². The summed E-state index contributed by atoms with van der Waals surface area (Å²) in [6.07, 6.45) is 5.72. The zero-order chi connectivity index (χ0) is 16.3. The van der Waals surface area contributed by atoms with Crippen molar-refractivity contribution in [1.29, 1.82) is 0 Å². The van der Waals surface area contributed by atoms with Crippen LogP contribution in [0.5, 0.6) is 0 Å². The van der Waals surface area contributed by atoms with Crippen molar-refractivity contribution in [3.05, 3.63) is 0 Å². The van der Waals surface area contributed by atoms with Crippen LogP contribution < -0.4 is 5.73 Å². The maximum atomic E-state index is 11.2. The van der Waals surface area contributed by atoms with Crippen LogP contribution in [-0.2, 0) is 14.4 Å². The summed E-state index contributed by atoms with van der Waals surface area (Å²) in [5.74, 6) is -3.08. The molecule has 1 atom stereocenters. The van der Waals surface area contributed by atoms with Crippen molar-refractivity contribution in [2.45, 2.75) is 57.9 Å². The van der Waals surface area contributed by atoms with E-state index in [0.29, 0.717) is 13.0 Å². The standard InChI is InChI=1S/C14H26N2O5/c1-2-3-4-5-6-7-8-16(10-13(18)19)11(14(20)21)9-12(15)17/h11H,2-10H2,1H3,(H2,15,17)(H,18,19)(H,20,21). The van der Waals surface area contributed by atoms with Gasteiger partial charge in [0.1, 0.15) is 6.04 Å². The molecule has 4 N–H and O–H groups in total. The highest BCUT2D eigenvalue weighted by atomic mass is 16.4. The van der Waals surface area contributed by atoms with Gasteiger partial charge in [-0.05, 0) is 13.0 Å². The average Bonchev–Trinajstić information content (AvgIpc) is 2.37. The van der Waals surface area contributed by atoms with Gasteiger partial charge >= 0.3 is 11.9 Å². The van der Waals surface area contributed by atoms with E-state index in [1.165, 1.54) is 4.90 Å². The van der Waals surface area contributed by atoms with Gasteiger partial charge in [-0.3, -0.25) is 19.3 Å². The van der Waals surface area contributed by atoms with Crippen LogP contribution in [0.15, 0.2) is 0 Å². The number of amides is 1. The van der Waals surface area contributed by atoms with Gasteiger partial charge in [0.05, 0.1) is 13.0 Å². The molecule has 0 rings (SSSR count). The number of primary amides is 1. The largest absolute Gasteiger partial charge is 0.480 e. The molecule has 0 saturated heterocycles. The maximum absolute atomic E-state index is 11.2. The molecule has 0 spiro atoms. The molecule has 7 heteroatoms. The number of carboxylic acids is 2. The molecule has 0 aromatic carbocycles. The summed E-state index contributed by atoms with van der Waals surface area (Å²) in [6, 6.07) is -1.17. The number of carbonyl (C=O) groups excluding carboxylic acids is 1. The van der Waals surface area contributed by atoms with Crippen molar-refractivity contribution >= 4 is 17.8 Å². The van der Waals surface area contributed by atoms with Crippen LogP contribution in [0.25, 0.3) is 0 Å². The van der Waals surface area contributed by atoms with E-state index in [1.54, 1.807) is 0 Å². The number of hydrogen-bond donors (Lipinski definition) is 3. The van der Waals surface area contributed by atoms with Gasteiger partial charge in [0.2, 0.25) is 5.91 Å². The van der Waals surface area contributed by atoms with E-state index in [1.807, 2.05) is 0 Å². The predicted molar refractivity (Wildman–Crippen MR) is 77.8 cm³/mol. The van der Waals surface area contributed by atoms with Crippen LogP contribution in [0.1, 0.15) is 51.9 Å². The second-order valence-corrected chi connectivity index (χ2v) is 5.16. The Hall–Kier alpha value is -1.63. The number of nitrogens with zero attached hydrogens (tertiary/aromatic N) is 1. The monoisotopic (exact) mass is 302 g/mol. The summed E-state index contributed by atoms with van der Waals surface area (Å²) < 4.78 is 0. The van der Waals surface area contributed by atoms with E-state index in [-0.39, 0.29) is 6.42 Å². The van der Waals surface area contributed by atoms with Crippen LogP contribution in [0.3, 0.4) is 0 Å². The Bertz CT molecular complexity index is 346. The highest BCUT2D eigenvalue weighted by Crippen LogP contribution is 2.10. The molecule has 0 aliphatic carbocycles. The Balaban J connectivity index is 4.43. The van der Waals surface area contributed by atoms with E-state index in [0.717, 1.165) is 32.1 Å². The fourth-order valence-electron chi connectivity index (χ4n) is 2.18. The van der Waals surface area contributed by atoms with Crippen LogP contribution in [-0.4, -0.2) is 52.1 Å². The van der Waals surface area contributed by atoms with Crippen molar-refractivity contribution < 1.29 is 24.6 Å². The number of carbonyl (C=O) groups is 3. The second kappa shape index (κ2) is 11.1. The minimum atomic E-state index is -1.22. The summed E-state index contributed by atoms with van der Waals surface area (Å²) >= 11 is 0. The molecule has 0 aliphatic heterocycles. The third kappa shape index (κ3) is 9.84. The molecule has 1 amide bonds. The number of aliphatic carboxylic acids is 2. The molecule has 0 saturated carbocycles. The van der Waals surface area contributed by atoms with Gasteiger partial charge in [0.15, 0.2) is 0 Å². The zero-order valence-electron chi connectivity index (χ0n) is 12.6. The van der Waals surface area contributed by atoms with E-state index in [9.17, 15) is 14.4 Å². The Morgan fingerprint density at radius 3 is 2.10 bits per heavy atom. The van der Waals surface area contributed by atoms with Gasteiger partial charge < -0.3 is 15.9 Å². The Morgan fingerprint density at radius 1 is 1.05 bits per heavy atom. The number of rotatable bonds is 13. The minimum Gasteiger partial charge on any atom is -0.480 e. The molecule has 0 fully saturated rings. The molecule has 7 nitrogen and oxygen atoms in total. The van der Waals surface area contributed by atoms with Crippen molar-refractivity contribution in [3.63, 3.8) is 0 Å².